The summed E-state index contributed by atoms with van der Waals surface area (Å²) in [7, 11) is 1.63. The zero-order chi connectivity index (χ0) is 16.8. The molecule has 3 N–H and O–H groups in total. The molecule has 2 atom stereocenters. The van der Waals surface area contributed by atoms with Gasteiger partial charge >= 0.3 is 0 Å². The molecule has 1 aliphatic heterocycles. The molecule has 0 saturated carbocycles. The van der Waals surface area contributed by atoms with Gasteiger partial charge in [-0.1, -0.05) is 0 Å². The van der Waals surface area contributed by atoms with Crippen molar-refractivity contribution in [2.75, 3.05) is 30.9 Å². The Bertz CT molecular complexity index is 576. The van der Waals surface area contributed by atoms with Crippen molar-refractivity contribution in [3.8, 4) is 5.75 Å². The largest absolute Gasteiger partial charge is 0.479 e. The van der Waals surface area contributed by atoms with Gasteiger partial charge in [0.05, 0.1) is 5.69 Å². The standard InChI is InChI=1S/C16H23N3O4/c1-10(15(20)17-7-4-8-22-3)18-12-5-6-14-13(9-12)19-16(21)11(2)23-14/h5-6,9-11,18H,4,7-8H2,1-3H3,(H,17,20)(H,19,21)/t10-,11+/m1/s1. The number of rotatable bonds is 7. The summed E-state index contributed by atoms with van der Waals surface area (Å²) in [5, 5.41) is 8.73. The topological polar surface area (TPSA) is 88.7 Å². The predicted octanol–water partition coefficient (Wildman–Crippen LogP) is 1.36. The van der Waals surface area contributed by atoms with Gasteiger partial charge in [0, 0.05) is 25.9 Å². The number of carbonyl (C=O) groups excluding carboxylic acids is 2. The number of carbonyl (C=O) groups is 2. The SMILES string of the molecule is COCCCNC(=O)[C@@H](C)Nc1ccc2c(c1)NC(=O)[C@H](C)O2. The molecule has 0 saturated heterocycles. The average Bonchev–Trinajstić information content (AvgIpc) is 2.52. The van der Waals surface area contributed by atoms with Gasteiger partial charge < -0.3 is 25.4 Å². The lowest BCUT2D eigenvalue weighted by atomic mass is 10.2. The Labute approximate surface area is 135 Å². The second kappa shape index (κ2) is 7.82. The minimum atomic E-state index is -0.502. The maximum absolute atomic E-state index is 12.0. The number of fused-ring (bicyclic) bond motifs is 1. The fourth-order valence-corrected chi connectivity index (χ4v) is 2.20. The molecule has 1 aromatic rings. The van der Waals surface area contributed by atoms with E-state index in [9.17, 15) is 9.59 Å². The molecule has 0 aromatic heterocycles. The van der Waals surface area contributed by atoms with Crippen molar-refractivity contribution in [2.45, 2.75) is 32.4 Å². The smallest absolute Gasteiger partial charge is 0.265 e. The van der Waals surface area contributed by atoms with Gasteiger partial charge in [0.2, 0.25) is 5.91 Å². The number of nitrogens with one attached hydrogen (secondary N) is 3. The number of anilines is 2. The maximum Gasteiger partial charge on any atom is 0.265 e. The van der Waals surface area contributed by atoms with Crippen LogP contribution in [0.15, 0.2) is 18.2 Å². The van der Waals surface area contributed by atoms with E-state index in [0.717, 1.165) is 12.1 Å². The van der Waals surface area contributed by atoms with Gasteiger partial charge in [0.15, 0.2) is 6.10 Å². The molecule has 7 heteroatoms. The van der Waals surface area contributed by atoms with Crippen LogP contribution in [0.3, 0.4) is 0 Å². The lowest BCUT2D eigenvalue weighted by Crippen LogP contribution is -2.38. The summed E-state index contributed by atoms with van der Waals surface area (Å²) in [6.45, 7) is 4.67. The summed E-state index contributed by atoms with van der Waals surface area (Å²) in [5.74, 6) is 0.352. The van der Waals surface area contributed by atoms with Crippen LogP contribution in [0, 0.1) is 0 Å². The van der Waals surface area contributed by atoms with Crippen molar-refractivity contribution in [1.82, 2.24) is 5.32 Å². The lowest BCUT2D eigenvalue weighted by molar-refractivity contribution is -0.123. The minimum absolute atomic E-state index is 0.0901. The first kappa shape index (κ1) is 17.1. The predicted molar refractivity (Wildman–Crippen MR) is 87.7 cm³/mol. The lowest BCUT2D eigenvalue weighted by Gasteiger charge is -2.24. The third-order valence-corrected chi connectivity index (χ3v) is 3.51. The van der Waals surface area contributed by atoms with Crippen LogP contribution in [-0.4, -0.2) is 44.2 Å². The molecule has 7 nitrogen and oxygen atoms in total. The molecule has 0 unspecified atom stereocenters. The highest BCUT2D eigenvalue weighted by atomic mass is 16.5. The van der Waals surface area contributed by atoms with Gasteiger partial charge in [-0.2, -0.15) is 0 Å². The Morgan fingerprint density at radius 3 is 3.00 bits per heavy atom. The van der Waals surface area contributed by atoms with Crippen LogP contribution >= 0.6 is 0 Å². The second-order valence-electron chi connectivity index (χ2n) is 5.46. The van der Waals surface area contributed by atoms with Gasteiger partial charge in [0.1, 0.15) is 11.8 Å². The van der Waals surface area contributed by atoms with Crippen LogP contribution in [0.2, 0.25) is 0 Å². The van der Waals surface area contributed by atoms with Crippen molar-refractivity contribution in [3.63, 3.8) is 0 Å². The normalized spacial score (nSPS) is 17.5. The summed E-state index contributed by atoms with van der Waals surface area (Å²) >= 11 is 0. The molecule has 0 radical (unpaired) electrons. The molecule has 0 aliphatic carbocycles. The number of amides is 2. The summed E-state index contributed by atoms with van der Waals surface area (Å²) in [4.78, 5) is 23.6. The molecule has 126 valence electrons. The van der Waals surface area contributed by atoms with Crippen LogP contribution < -0.4 is 20.7 Å². The summed E-state index contributed by atoms with van der Waals surface area (Å²) in [6, 6.07) is 4.96. The third-order valence-electron chi connectivity index (χ3n) is 3.51. The molecule has 1 heterocycles. The number of ether oxygens (including phenoxy) is 2. The van der Waals surface area contributed by atoms with E-state index in [1.807, 2.05) is 6.07 Å². The summed E-state index contributed by atoms with van der Waals surface area (Å²) < 4.78 is 10.4. The van der Waals surface area contributed by atoms with Crippen molar-refractivity contribution >= 4 is 23.2 Å². The Balaban J connectivity index is 1.91. The Morgan fingerprint density at radius 2 is 2.26 bits per heavy atom. The van der Waals surface area contributed by atoms with E-state index in [-0.39, 0.29) is 11.8 Å². The molecule has 2 rings (SSSR count). The van der Waals surface area contributed by atoms with E-state index in [2.05, 4.69) is 16.0 Å². The van der Waals surface area contributed by atoms with Crippen molar-refractivity contribution in [2.24, 2.45) is 0 Å². The first-order valence-electron chi connectivity index (χ1n) is 7.66. The van der Waals surface area contributed by atoms with E-state index in [1.54, 1.807) is 33.1 Å². The second-order valence-corrected chi connectivity index (χ2v) is 5.46. The van der Waals surface area contributed by atoms with Crippen LogP contribution in [0.1, 0.15) is 20.3 Å². The van der Waals surface area contributed by atoms with Gasteiger partial charge in [-0.3, -0.25) is 9.59 Å². The first-order valence-corrected chi connectivity index (χ1v) is 7.66. The Morgan fingerprint density at radius 1 is 1.48 bits per heavy atom. The van der Waals surface area contributed by atoms with Crippen molar-refractivity contribution in [3.05, 3.63) is 18.2 Å². The van der Waals surface area contributed by atoms with Crippen LogP contribution in [0.4, 0.5) is 11.4 Å². The van der Waals surface area contributed by atoms with Crippen molar-refractivity contribution in [1.29, 1.82) is 0 Å². The molecule has 0 fully saturated rings. The fourth-order valence-electron chi connectivity index (χ4n) is 2.20. The summed E-state index contributed by atoms with van der Waals surface area (Å²) in [6.07, 6.45) is 0.271. The molecular weight excluding hydrogens is 298 g/mol. The molecule has 1 aromatic carbocycles. The van der Waals surface area contributed by atoms with Crippen LogP contribution in [-0.2, 0) is 14.3 Å². The van der Waals surface area contributed by atoms with Crippen LogP contribution in [0.5, 0.6) is 5.75 Å². The molecular formula is C16H23N3O4. The van der Waals surface area contributed by atoms with Gasteiger partial charge in [-0.25, -0.2) is 0 Å². The number of hydrogen-bond acceptors (Lipinski definition) is 5. The highest BCUT2D eigenvalue weighted by molar-refractivity contribution is 5.98. The maximum atomic E-state index is 12.0. The van der Waals surface area contributed by atoms with E-state index < -0.39 is 12.1 Å². The van der Waals surface area contributed by atoms with E-state index in [1.165, 1.54) is 0 Å². The van der Waals surface area contributed by atoms with E-state index >= 15 is 0 Å². The van der Waals surface area contributed by atoms with Gasteiger partial charge in [0.25, 0.3) is 5.91 Å². The first-order chi connectivity index (χ1) is 11.0. The van der Waals surface area contributed by atoms with Gasteiger partial charge in [-0.05, 0) is 38.5 Å². The zero-order valence-corrected chi connectivity index (χ0v) is 13.6. The number of benzene rings is 1. The highest BCUT2D eigenvalue weighted by Crippen LogP contribution is 2.32. The number of hydrogen-bond donors (Lipinski definition) is 3. The third kappa shape index (κ3) is 4.59. The monoisotopic (exact) mass is 321 g/mol. The molecule has 0 spiro atoms. The average molecular weight is 321 g/mol. The van der Waals surface area contributed by atoms with E-state index in [0.29, 0.717) is 24.6 Å². The fraction of sp³-hybridized carbons (Fsp3) is 0.500. The summed E-state index contributed by atoms with van der Waals surface area (Å²) in [5.41, 5.74) is 1.34. The Hall–Kier alpha value is -2.28. The van der Waals surface area contributed by atoms with Crippen molar-refractivity contribution < 1.29 is 19.1 Å². The molecule has 0 bridgehead atoms. The molecule has 23 heavy (non-hydrogen) atoms. The quantitative estimate of drug-likeness (QED) is 0.660. The number of methoxy groups -OCH3 is 1. The zero-order valence-electron chi connectivity index (χ0n) is 13.6. The van der Waals surface area contributed by atoms with Crippen LogP contribution in [0.25, 0.3) is 0 Å². The van der Waals surface area contributed by atoms with E-state index in [4.69, 9.17) is 9.47 Å². The molecule has 2 amide bonds. The highest BCUT2D eigenvalue weighted by Gasteiger charge is 2.23. The minimum Gasteiger partial charge on any atom is -0.479 e. The molecule has 1 aliphatic rings. The Kier molecular flexibility index (Phi) is 5.81. The van der Waals surface area contributed by atoms with Gasteiger partial charge in [-0.15, -0.1) is 0 Å².